The summed E-state index contributed by atoms with van der Waals surface area (Å²) >= 11 is 0. The standard InChI is InChI=1S/C14H25N3O/c1-12(2)18-8-4-3-7-17-11-16-10-14(17)13-5-6-15-9-13/h10-13,15H,3-9H2,1-2H3. The second kappa shape index (κ2) is 6.90. The van der Waals surface area contributed by atoms with Gasteiger partial charge in [-0.3, -0.25) is 0 Å². The fraction of sp³-hybridized carbons (Fsp3) is 0.786. The van der Waals surface area contributed by atoms with Crippen LogP contribution in [0, 0.1) is 0 Å². The summed E-state index contributed by atoms with van der Waals surface area (Å²) in [5, 5.41) is 3.42. The van der Waals surface area contributed by atoms with Crippen LogP contribution in [0.1, 0.15) is 44.7 Å². The van der Waals surface area contributed by atoms with Crippen LogP contribution in [0.4, 0.5) is 0 Å². The molecule has 0 amide bonds. The van der Waals surface area contributed by atoms with E-state index in [9.17, 15) is 0 Å². The zero-order valence-corrected chi connectivity index (χ0v) is 11.6. The molecule has 1 atom stereocenters. The molecule has 0 aromatic carbocycles. The zero-order chi connectivity index (χ0) is 12.8. The van der Waals surface area contributed by atoms with Gasteiger partial charge in [-0.2, -0.15) is 0 Å². The van der Waals surface area contributed by atoms with Crippen LogP contribution in [0.3, 0.4) is 0 Å². The molecule has 0 saturated carbocycles. The first kappa shape index (κ1) is 13.6. The molecule has 1 N–H and O–H groups in total. The average Bonchev–Trinajstić information content (AvgIpc) is 2.97. The van der Waals surface area contributed by atoms with Gasteiger partial charge in [0.1, 0.15) is 0 Å². The van der Waals surface area contributed by atoms with Gasteiger partial charge >= 0.3 is 0 Å². The van der Waals surface area contributed by atoms with E-state index in [2.05, 4.69) is 28.7 Å². The van der Waals surface area contributed by atoms with E-state index in [1.807, 2.05) is 12.5 Å². The predicted octanol–water partition coefficient (Wildman–Crippen LogP) is 2.17. The van der Waals surface area contributed by atoms with Gasteiger partial charge in [-0.15, -0.1) is 0 Å². The third kappa shape index (κ3) is 3.82. The van der Waals surface area contributed by atoms with Crippen molar-refractivity contribution in [3.8, 4) is 0 Å². The molecule has 1 aliphatic heterocycles. The van der Waals surface area contributed by atoms with Crippen molar-refractivity contribution in [3.05, 3.63) is 18.2 Å². The number of rotatable bonds is 7. The Morgan fingerprint density at radius 3 is 3.11 bits per heavy atom. The number of ether oxygens (including phenoxy) is 1. The van der Waals surface area contributed by atoms with Gasteiger partial charge < -0.3 is 14.6 Å². The predicted molar refractivity (Wildman–Crippen MR) is 72.8 cm³/mol. The molecular formula is C14H25N3O. The summed E-state index contributed by atoms with van der Waals surface area (Å²) < 4.78 is 7.87. The first-order chi connectivity index (χ1) is 8.77. The Kier molecular flexibility index (Phi) is 5.20. The van der Waals surface area contributed by atoms with Crippen molar-refractivity contribution in [2.24, 2.45) is 0 Å². The highest BCUT2D eigenvalue weighted by atomic mass is 16.5. The van der Waals surface area contributed by atoms with Gasteiger partial charge in [0.2, 0.25) is 0 Å². The van der Waals surface area contributed by atoms with Crippen molar-refractivity contribution in [2.45, 2.75) is 51.7 Å². The van der Waals surface area contributed by atoms with E-state index in [4.69, 9.17) is 4.74 Å². The van der Waals surface area contributed by atoms with Crippen LogP contribution < -0.4 is 5.32 Å². The van der Waals surface area contributed by atoms with Crippen LogP contribution in [0.2, 0.25) is 0 Å². The van der Waals surface area contributed by atoms with E-state index in [1.54, 1.807) is 0 Å². The molecule has 102 valence electrons. The lowest BCUT2D eigenvalue weighted by Crippen LogP contribution is -2.12. The fourth-order valence-corrected chi connectivity index (χ4v) is 2.47. The van der Waals surface area contributed by atoms with E-state index < -0.39 is 0 Å². The van der Waals surface area contributed by atoms with Gasteiger partial charge in [0, 0.05) is 37.5 Å². The van der Waals surface area contributed by atoms with Crippen LogP contribution in [0.5, 0.6) is 0 Å². The van der Waals surface area contributed by atoms with Crippen LogP contribution in [-0.2, 0) is 11.3 Å². The molecule has 0 radical (unpaired) electrons. The lowest BCUT2D eigenvalue weighted by molar-refractivity contribution is 0.0754. The Labute approximate surface area is 110 Å². The van der Waals surface area contributed by atoms with Gasteiger partial charge in [-0.1, -0.05) is 0 Å². The summed E-state index contributed by atoms with van der Waals surface area (Å²) in [7, 11) is 0. The van der Waals surface area contributed by atoms with E-state index in [0.29, 0.717) is 12.0 Å². The number of nitrogens with one attached hydrogen (secondary N) is 1. The molecule has 2 rings (SSSR count). The van der Waals surface area contributed by atoms with Crippen molar-refractivity contribution >= 4 is 0 Å². The number of hydrogen-bond donors (Lipinski definition) is 1. The maximum Gasteiger partial charge on any atom is 0.0948 e. The molecule has 0 spiro atoms. The SMILES string of the molecule is CC(C)OCCCCn1cncc1C1CCNC1. The number of unbranched alkanes of at least 4 members (excludes halogenated alkanes) is 1. The van der Waals surface area contributed by atoms with Crippen LogP contribution >= 0.6 is 0 Å². The van der Waals surface area contributed by atoms with E-state index >= 15 is 0 Å². The smallest absolute Gasteiger partial charge is 0.0948 e. The third-order valence-corrected chi connectivity index (χ3v) is 3.47. The Hall–Kier alpha value is -0.870. The molecule has 0 aliphatic carbocycles. The summed E-state index contributed by atoms with van der Waals surface area (Å²) in [6.07, 6.45) is 7.87. The Morgan fingerprint density at radius 2 is 2.39 bits per heavy atom. The first-order valence-corrected chi connectivity index (χ1v) is 7.09. The Balaban J connectivity index is 1.74. The Morgan fingerprint density at radius 1 is 1.50 bits per heavy atom. The molecule has 1 saturated heterocycles. The minimum atomic E-state index is 0.346. The van der Waals surface area contributed by atoms with E-state index in [-0.39, 0.29) is 0 Å². The lowest BCUT2D eigenvalue weighted by Gasteiger charge is -2.13. The molecule has 1 aromatic heterocycles. The van der Waals surface area contributed by atoms with Crippen LogP contribution in [0.15, 0.2) is 12.5 Å². The van der Waals surface area contributed by atoms with Gasteiger partial charge in [0.25, 0.3) is 0 Å². The lowest BCUT2D eigenvalue weighted by atomic mass is 10.1. The molecule has 0 bridgehead atoms. The number of imidazole rings is 1. The van der Waals surface area contributed by atoms with Crippen molar-refractivity contribution in [3.63, 3.8) is 0 Å². The summed E-state index contributed by atoms with van der Waals surface area (Å²) in [5.74, 6) is 0.652. The molecule has 18 heavy (non-hydrogen) atoms. The van der Waals surface area contributed by atoms with Crippen molar-refractivity contribution < 1.29 is 4.74 Å². The quantitative estimate of drug-likeness (QED) is 0.755. The summed E-state index contributed by atoms with van der Waals surface area (Å²) in [4.78, 5) is 4.30. The first-order valence-electron chi connectivity index (χ1n) is 7.09. The number of aryl methyl sites for hydroxylation is 1. The minimum Gasteiger partial charge on any atom is -0.379 e. The second-order valence-corrected chi connectivity index (χ2v) is 5.33. The minimum absolute atomic E-state index is 0.346. The largest absolute Gasteiger partial charge is 0.379 e. The second-order valence-electron chi connectivity index (χ2n) is 5.33. The summed E-state index contributed by atoms with van der Waals surface area (Å²) in [6.45, 7) is 8.34. The fourth-order valence-electron chi connectivity index (χ4n) is 2.47. The number of nitrogens with zero attached hydrogens (tertiary/aromatic N) is 2. The molecule has 1 fully saturated rings. The highest BCUT2D eigenvalue weighted by molar-refractivity contribution is 5.09. The molecule has 1 aromatic rings. The van der Waals surface area contributed by atoms with Crippen molar-refractivity contribution in [1.82, 2.24) is 14.9 Å². The van der Waals surface area contributed by atoms with Gasteiger partial charge in [-0.25, -0.2) is 4.98 Å². The zero-order valence-electron chi connectivity index (χ0n) is 11.6. The van der Waals surface area contributed by atoms with Gasteiger partial charge in [-0.05, 0) is 39.7 Å². The van der Waals surface area contributed by atoms with Gasteiger partial charge in [0.15, 0.2) is 0 Å². The highest BCUT2D eigenvalue weighted by Crippen LogP contribution is 2.22. The maximum atomic E-state index is 5.56. The topological polar surface area (TPSA) is 39.1 Å². The maximum absolute atomic E-state index is 5.56. The highest BCUT2D eigenvalue weighted by Gasteiger charge is 2.19. The molecular weight excluding hydrogens is 226 g/mol. The molecule has 4 heteroatoms. The van der Waals surface area contributed by atoms with Crippen molar-refractivity contribution in [1.29, 1.82) is 0 Å². The summed E-state index contributed by atoms with van der Waals surface area (Å²) in [6, 6.07) is 0. The van der Waals surface area contributed by atoms with E-state index in [0.717, 1.165) is 39.1 Å². The number of aromatic nitrogens is 2. The molecule has 1 aliphatic rings. The molecule has 1 unspecified atom stereocenters. The summed E-state index contributed by atoms with van der Waals surface area (Å²) in [5.41, 5.74) is 1.39. The van der Waals surface area contributed by atoms with Crippen molar-refractivity contribution in [2.75, 3.05) is 19.7 Å². The third-order valence-electron chi connectivity index (χ3n) is 3.47. The number of hydrogen-bond acceptors (Lipinski definition) is 3. The molecule has 4 nitrogen and oxygen atoms in total. The molecule has 2 heterocycles. The van der Waals surface area contributed by atoms with Gasteiger partial charge in [0.05, 0.1) is 12.4 Å². The van der Waals surface area contributed by atoms with Crippen LogP contribution in [0.25, 0.3) is 0 Å². The van der Waals surface area contributed by atoms with E-state index in [1.165, 1.54) is 12.1 Å². The normalized spacial score (nSPS) is 19.8. The monoisotopic (exact) mass is 251 g/mol. The van der Waals surface area contributed by atoms with Crippen LogP contribution in [-0.4, -0.2) is 35.4 Å². The Bertz CT molecular complexity index is 343. The average molecular weight is 251 g/mol.